The van der Waals surface area contributed by atoms with E-state index in [0.717, 1.165) is 19.3 Å². The maximum absolute atomic E-state index is 12.3. The zero-order chi connectivity index (χ0) is 15.7. The Bertz CT molecular complexity index is 343. The SMILES string of the molecule is CCCCCCCCCC(=O)N1CCCC1(CC)C(=O)O. The van der Waals surface area contributed by atoms with E-state index in [0.29, 0.717) is 25.8 Å². The standard InChI is InChI=1S/C17H31NO3/c1-3-5-6-7-8-9-10-12-15(19)18-14-11-13-17(18,4-2)16(20)21/h3-14H2,1-2H3,(H,20,21). The molecule has 1 aliphatic rings. The maximum Gasteiger partial charge on any atom is 0.329 e. The first-order valence-corrected chi connectivity index (χ1v) is 8.62. The summed E-state index contributed by atoms with van der Waals surface area (Å²) in [6, 6.07) is 0. The Morgan fingerprint density at radius 1 is 1.05 bits per heavy atom. The highest BCUT2D eigenvalue weighted by Crippen LogP contribution is 2.33. The Balaban J connectivity index is 2.33. The van der Waals surface area contributed by atoms with Crippen LogP contribution >= 0.6 is 0 Å². The molecular weight excluding hydrogens is 266 g/mol. The van der Waals surface area contributed by atoms with Crippen molar-refractivity contribution >= 4 is 11.9 Å². The molecule has 0 spiro atoms. The molecule has 1 heterocycles. The van der Waals surface area contributed by atoms with Crippen LogP contribution in [0.1, 0.15) is 84.5 Å². The van der Waals surface area contributed by atoms with Gasteiger partial charge in [0.05, 0.1) is 0 Å². The molecule has 0 radical (unpaired) electrons. The summed E-state index contributed by atoms with van der Waals surface area (Å²) in [6.07, 6.45) is 10.7. The number of nitrogens with zero attached hydrogens (tertiary/aromatic N) is 1. The van der Waals surface area contributed by atoms with Crippen LogP contribution in [0.15, 0.2) is 0 Å². The van der Waals surface area contributed by atoms with E-state index in [4.69, 9.17) is 0 Å². The minimum Gasteiger partial charge on any atom is -0.479 e. The largest absolute Gasteiger partial charge is 0.479 e. The lowest BCUT2D eigenvalue weighted by Crippen LogP contribution is -2.52. The van der Waals surface area contributed by atoms with E-state index in [9.17, 15) is 14.7 Å². The van der Waals surface area contributed by atoms with Crippen molar-refractivity contribution in [2.45, 2.75) is 90.0 Å². The van der Waals surface area contributed by atoms with Gasteiger partial charge < -0.3 is 10.0 Å². The van der Waals surface area contributed by atoms with E-state index in [1.807, 2.05) is 6.92 Å². The van der Waals surface area contributed by atoms with Gasteiger partial charge in [0.15, 0.2) is 0 Å². The van der Waals surface area contributed by atoms with Gasteiger partial charge in [-0.2, -0.15) is 0 Å². The summed E-state index contributed by atoms with van der Waals surface area (Å²) in [4.78, 5) is 25.5. The number of carboxylic acid groups (broad SMARTS) is 1. The molecule has 21 heavy (non-hydrogen) atoms. The van der Waals surface area contributed by atoms with Crippen molar-refractivity contribution in [2.24, 2.45) is 0 Å². The molecule has 1 aliphatic heterocycles. The van der Waals surface area contributed by atoms with Gasteiger partial charge in [-0.3, -0.25) is 4.79 Å². The number of likely N-dealkylation sites (tertiary alicyclic amines) is 1. The van der Waals surface area contributed by atoms with Crippen LogP contribution in [0.5, 0.6) is 0 Å². The normalized spacial score (nSPS) is 21.7. The van der Waals surface area contributed by atoms with Crippen LogP contribution < -0.4 is 0 Å². The Morgan fingerprint density at radius 3 is 2.24 bits per heavy atom. The number of carbonyl (C=O) groups is 2. The molecule has 122 valence electrons. The van der Waals surface area contributed by atoms with Crippen LogP contribution in [-0.2, 0) is 9.59 Å². The number of amides is 1. The first-order chi connectivity index (χ1) is 10.1. The van der Waals surface area contributed by atoms with Crippen LogP contribution in [0.4, 0.5) is 0 Å². The summed E-state index contributed by atoms with van der Waals surface area (Å²) in [5, 5.41) is 9.48. The lowest BCUT2D eigenvalue weighted by molar-refractivity contribution is -0.156. The highest BCUT2D eigenvalue weighted by Gasteiger charge is 2.48. The third kappa shape index (κ3) is 4.72. The molecule has 1 N–H and O–H groups in total. The van der Waals surface area contributed by atoms with Gasteiger partial charge in [0.2, 0.25) is 5.91 Å². The van der Waals surface area contributed by atoms with Crippen LogP contribution in [0.3, 0.4) is 0 Å². The van der Waals surface area contributed by atoms with Crippen molar-refractivity contribution < 1.29 is 14.7 Å². The molecule has 1 unspecified atom stereocenters. The van der Waals surface area contributed by atoms with Crippen molar-refractivity contribution in [1.29, 1.82) is 0 Å². The third-order valence-corrected chi connectivity index (χ3v) is 4.77. The summed E-state index contributed by atoms with van der Waals surface area (Å²) in [5.41, 5.74) is -0.932. The zero-order valence-electron chi connectivity index (χ0n) is 13.7. The molecule has 0 aliphatic carbocycles. The van der Waals surface area contributed by atoms with Gasteiger partial charge in [0, 0.05) is 13.0 Å². The smallest absolute Gasteiger partial charge is 0.329 e. The highest BCUT2D eigenvalue weighted by atomic mass is 16.4. The molecule has 1 rings (SSSR count). The minimum absolute atomic E-state index is 0.0327. The molecule has 1 fully saturated rings. The second-order valence-corrected chi connectivity index (χ2v) is 6.21. The summed E-state index contributed by atoms with van der Waals surface area (Å²) in [5.74, 6) is -0.805. The summed E-state index contributed by atoms with van der Waals surface area (Å²) in [7, 11) is 0. The number of carbonyl (C=O) groups excluding carboxylic acids is 1. The van der Waals surface area contributed by atoms with Crippen molar-refractivity contribution in [3.63, 3.8) is 0 Å². The second-order valence-electron chi connectivity index (χ2n) is 6.21. The van der Waals surface area contributed by atoms with Crippen molar-refractivity contribution in [3.05, 3.63) is 0 Å². The molecule has 0 aromatic heterocycles. The number of carboxylic acids is 1. The van der Waals surface area contributed by atoms with Gasteiger partial charge in [0.25, 0.3) is 0 Å². The number of unbranched alkanes of at least 4 members (excludes halogenated alkanes) is 6. The van der Waals surface area contributed by atoms with Crippen LogP contribution in [0, 0.1) is 0 Å². The number of rotatable bonds is 10. The van der Waals surface area contributed by atoms with Crippen molar-refractivity contribution in [2.75, 3.05) is 6.54 Å². The summed E-state index contributed by atoms with van der Waals surface area (Å²) in [6.45, 7) is 4.68. The zero-order valence-corrected chi connectivity index (χ0v) is 13.7. The topological polar surface area (TPSA) is 57.6 Å². The van der Waals surface area contributed by atoms with Crippen LogP contribution in [0.25, 0.3) is 0 Å². The third-order valence-electron chi connectivity index (χ3n) is 4.77. The average molecular weight is 297 g/mol. The molecule has 0 aromatic rings. The molecule has 4 nitrogen and oxygen atoms in total. The first kappa shape index (κ1) is 18.0. The van der Waals surface area contributed by atoms with Gasteiger partial charge in [-0.1, -0.05) is 52.4 Å². The predicted octanol–water partition coefficient (Wildman–Crippen LogP) is 3.98. The molecule has 1 atom stereocenters. The van der Waals surface area contributed by atoms with E-state index >= 15 is 0 Å². The Morgan fingerprint density at radius 2 is 1.67 bits per heavy atom. The Hall–Kier alpha value is -1.06. The molecule has 0 bridgehead atoms. The number of hydrogen-bond acceptors (Lipinski definition) is 2. The molecule has 0 aromatic carbocycles. The van der Waals surface area contributed by atoms with Crippen LogP contribution in [-0.4, -0.2) is 34.0 Å². The van der Waals surface area contributed by atoms with E-state index in [-0.39, 0.29) is 5.91 Å². The fraction of sp³-hybridized carbons (Fsp3) is 0.882. The van der Waals surface area contributed by atoms with Gasteiger partial charge in [-0.15, -0.1) is 0 Å². The second kappa shape index (κ2) is 9.06. The average Bonchev–Trinajstić information content (AvgIpc) is 2.91. The van der Waals surface area contributed by atoms with Crippen molar-refractivity contribution in [3.8, 4) is 0 Å². The summed E-state index contributed by atoms with van der Waals surface area (Å²) >= 11 is 0. The Labute approximate surface area is 128 Å². The molecule has 1 saturated heterocycles. The fourth-order valence-electron chi connectivity index (χ4n) is 3.35. The first-order valence-electron chi connectivity index (χ1n) is 8.62. The molecular formula is C17H31NO3. The summed E-state index contributed by atoms with van der Waals surface area (Å²) < 4.78 is 0. The molecule has 1 amide bonds. The Kier molecular flexibility index (Phi) is 7.76. The molecule has 4 heteroatoms. The van der Waals surface area contributed by atoms with Gasteiger partial charge >= 0.3 is 5.97 Å². The highest BCUT2D eigenvalue weighted by molar-refractivity contribution is 5.87. The van der Waals surface area contributed by atoms with Gasteiger partial charge in [-0.05, 0) is 25.7 Å². The predicted molar refractivity (Wildman–Crippen MR) is 84.2 cm³/mol. The monoisotopic (exact) mass is 297 g/mol. The lowest BCUT2D eigenvalue weighted by Gasteiger charge is -2.34. The van der Waals surface area contributed by atoms with Gasteiger partial charge in [-0.25, -0.2) is 4.79 Å². The molecule has 0 saturated carbocycles. The van der Waals surface area contributed by atoms with E-state index < -0.39 is 11.5 Å². The maximum atomic E-state index is 12.3. The van der Waals surface area contributed by atoms with E-state index in [1.165, 1.54) is 32.1 Å². The van der Waals surface area contributed by atoms with Gasteiger partial charge in [0.1, 0.15) is 5.54 Å². The lowest BCUT2D eigenvalue weighted by atomic mass is 9.92. The van der Waals surface area contributed by atoms with Crippen molar-refractivity contribution in [1.82, 2.24) is 4.90 Å². The minimum atomic E-state index is -0.932. The number of hydrogen-bond donors (Lipinski definition) is 1. The quantitative estimate of drug-likeness (QED) is 0.620. The van der Waals surface area contributed by atoms with E-state index in [2.05, 4.69) is 6.92 Å². The number of aliphatic carboxylic acids is 1. The van der Waals surface area contributed by atoms with Crippen LogP contribution in [0.2, 0.25) is 0 Å². The van der Waals surface area contributed by atoms with E-state index in [1.54, 1.807) is 4.90 Å². The fourth-order valence-corrected chi connectivity index (χ4v) is 3.35.